The first kappa shape index (κ1) is 11.8. The van der Waals surface area contributed by atoms with Crippen LogP contribution in [-0.2, 0) is 13.0 Å². The van der Waals surface area contributed by atoms with Gasteiger partial charge in [0.05, 0.1) is 0 Å². The van der Waals surface area contributed by atoms with Crippen molar-refractivity contribution in [2.75, 3.05) is 6.54 Å². The van der Waals surface area contributed by atoms with Gasteiger partial charge in [0.15, 0.2) is 0 Å². The number of benzene rings is 1. The van der Waals surface area contributed by atoms with Crippen LogP contribution in [0.4, 0.5) is 4.39 Å². The van der Waals surface area contributed by atoms with Gasteiger partial charge in [0.25, 0.3) is 0 Å². The van der Waals surface area contributed by atoms with Crippen molar-refractivity contribution in [1.82, 2.24) is 9.88 Å². The molecule has 1 aromatic heterocycles. The van der Waals surface area contributed by atoms with Crippen molar-refractivity contribution in [2.45, 2.75) is 13.0 Å². The highest BCUT2D eigenvalue weighted by atomic mass is 19.1. The predicted octanol–water partition coefficient (Wildman–Crippen LogP) is 2.60. The van der Waals surface area contributed by atoms with E-state index in [2.05, 4.69) is 4.98 Å². The number of halogens is 1. The second kappa shape index (κ2) is 4.80. The number of fused-ring (bicyclic) bond motifs is 1. The number of amidine groups is 1. The minimum atomic E-state index is -0.280. The minimum Gasteiger partial charge on any atom is -0.352 e. The molecule has 1 aromatic carbocycles. The second-order valence-electron chi connectivity index (χ2n) is 4.68. The van der Waals surface area contributed by atoms with Gasteiger partial charge in [-0.05, 0) is 35.7 Å². The number of hydrogen-bond donors (Lipinski definition) is 1. The number of pyridine rings is 1. The highest BCUT2D eigenvalue weighted by molar-refractivity contribution is 6.00. The monoisotopic (exact) mass is 255 g/mol. The summed E-state index contributed by atoms with van der Waals surface area (Å²) in [5, 5.41) is 8.09. The van der Waals surface area contributed by atoms with Gasteiger partial charge in [0.2, 0.25) is 0 Å². The fourth-order valence-corrected chi connectivity index (χ4v) is 2.36. The molecule has 0 fully saturated rings. The minimum absolute atomic E-state index is 0.280. The van der Waals surface area contributed by atoms with Crippen molar-refractivity contribution in [3.05, 3.63) is 65.2 Å². The number of nitrogens with one attached hydrogen (secondary N) is 1. The van der Waals surface area contributed by atoms with Gasteiger partial charge >= 0.3 is 0 Å². The van der Waals surface area contributed by atoms with Crippen LogP contribution in [0.3, 0.4) is 0 Å². The maximum absolute atomic E-state index is 13.2. The van der Waals surface area contributed by atoms with E-state index in [1.807, 2.05) is 23.2 Å². The zero-order valence-corrected chi connectivity index (χ0v) is 10.4. The van der Waals surface area contributed by atoms with E-state index >= 15 is 0 Å². The average Bonchev–Trinajstić information content (AvgIpc) is 2.74. The Morgan fingerprint density at radius 3 is 3.00 bits per heavy atom. The van der Waals surface area contributed by atoms with Crippen molar-refractivity contribution < 1.29 is 4.39 Å². The lowest BCUT2D eigenvalue weighted by atomic mass is 10.1. The zero-order chi connectivity index (χ0) is 13.2. The van der Waals surface area contributed by atoms with Gasteiger partial charge in [-0.25, -0.2) is 4.39 Å². The molecule has 4 heteroatoms. The molecule has 3 nitrogen and oxygen atoms in total. The van der Waals surface area contributed by atoms with Gasteiger partial charge in [-0.2, -0.15) is 0 Å². The third-order valence-corrected chi connectivity index (χ3v) is 3.40. The van der Waals surface area contributed by atoms with E-state index in [9.17, 15) is 4.39 Å². The molecule has 0 saturated carbocycles. The molecule has 96 valence electrons. The molecular weight excluding hydrogens is 241 g/mol. The van der Waals surface area contributed by atoms with Crippen LogP contribution in [0, 0.1) is 11.2 Å². The van der Waals surface area contributed by atoms with E-state index in [1.165, 1.54) is 12.1 Å². The Bertz CT molecular complexity index is 610. The van der Waals surface area contributed by atoms with Crippen LogP contribution in [-0.4, -0.2) is 22.3 Å². The molecule has 1 aliphatic heterocycles. The molecule has 0 unspecified atom stereocenters. The summed E-state index contributed by atoms with van der Waals surface area (Å²) in [6.45, 7) is 1.44. The smallest absolute Gasteiger partial charge is 0.128 e. The van der Waals surface area contributed by atoms with Crippen LogP contribution in [0.1, 0.15) is 16.7 Å². The third-order valence-electron chi connectivity index (χ3n) is 3.40. The number of hydrogen-bond acceptors (Lipinski definition) is 2. The van der Waals surface area contributed by atoms with Gasteiger partial charge < -0.3 is 4.90 Å². The Hall–Kier alpha value is -2.23. The number of nitrogens with zero attached hydrogens (tertiary/aromatic N) is 2. The predicted molar refractivity (Wildman–Crippen MR) is 71.6 cm³/mol. The Balaban J connectivity index is 1.71. The van der Waals surface area contributed by atoms with E-state index < -0.39 is 0 Å². The van der Waals surface area contributed by atoms with Gasteiger partial charge in [-0.1, -0.05) is 12.1 Å². The van der Waals surface area contributed by atoms with E-state index in [-0.39, 0.29) is 5.82 Å². The van der Waals surface area contributed by atoms with Crippen LogP contribution in [0.15, 0.2) is 42.7 Å². The zero-order valence-electron chi connectivity index (χ0n) is 10.4. The molecule has 2 aromatic rings. The maximum atomic E-state index is 13.2. The lowest BCUT2D eigenvalue weighted by molar-refractivity contribution is 0.432. The van der Waals surface area contributed by atoms with E-state index in [4.69, 9.17) is 5.41 Å². The molecular formula is C15H14FN3. The fourth-order valence-electron chi connectivity index (χ4n) is 2.36. The molecule has 0 radical (unpaired) electrons. The average molecular weight is 255 g/mol. The van der Waals surface area contributed by atoms with Crippen LogP contribution in [0.25, 0.3) is 0 Å². The van der Waals surface area contributed by atoms with Crippen molar-refractivity contribution >= 4 is 5.84 Å². The Morgan fingerprint density at radius 2 is 2.21 bits per heavy atom. The topological polar surface area (TPSA) is 40.0 Å². The lowest BCUT2D eigenvalue weighted by Crippen LogP contribution is -2.26. The van der Waals surface area contributed by atoms with Crippen LogP contribution in [0.2, 0.25) is 0 Å². The third kappa shape index (κ3) is 2.34. The largest absolute Gasteiger partial charge is 0.352 e. The summed E-state index contributed by atoms with van der Waals surface area (Å²) in [5.74, 6) is 0.135. The second-order valence-corrected chi connectivity index (χ2v) is 4.68. The van der Waals surface area contributed by atoms with Crippen molar-refractivity contribution in [2.24, 2.45) is 0 Å². The molecule has 0 bridgehead atoms. The molecule has 0 saturated heterocycles. The van der Waals surface area contributed by atoms with Crippen LogP contribution >= 0.6 is 0 Å². The summed E-state index contributed by atoms with van der Waals surface area (Å²) < 4.78 is 13.2. The summed E-state index contributed by atoms with van der Waals surface area (Å²) >= 11 is 0. The maximum Gasteiger partial charge on any atom is 0.128 e. The standard InChI is InChI=1S/C15H14FN3/c16-13-4-3-12-10-19(15(17)14(12)8-13)7-5-11-2-1-6-18-9-11/h1-4,6,8-9,17H,5,7,10H2. The van der Waals surface area contributed by atoms with E-state index in [0.29, 0.717) is 17.9 Å². The summed E-state index contributed by atoms with van der Waals surface area (Å²) in [5.41, 5.74) is 2.89. The van der Waals surface area contributed by atoms with Crippen molar-refractivity contribution in [3.63, 3.8) is 0 Å². The quantitative estimate of drug-likeness (QED) is 0.915. The number of rotatable bonds is 3. The lowest BCUT2D eigenvalue weighted by Gasteiger charge is -2.17. The molecule has 1 aliphatic rings. The summed E-state index contributed by atoms with van der Waals surface area (Å²) in [4.78, 5) is 6.05. The Kier molecular flexibility index (Phi) is 2.99. The highest BCUT2D eigenvalue weighted by Crippen LogP contribution is 2.23. The van der Waals surface area contributed by atoms with Crippen LogP contribution < -0.4 is 0 Å². The Morgan fingerprint density at radius 1 is 1.32 bits per heavy atom. The van der Waals surface area contributed by atoms with Crippen molar-refractivity contribution in [1.29, 1.82) is 5.41 Å². The molecule has 0 amide bonds. The molecule has 19 heavy (non-hydrogen) atoms. The molecule has 0 spiro atoms. The van der Waals surface area contributed by atoms with Gasteiger partial charge in [0.1, 0.15) is 11.7 Å². The first-order valence-electron chi connectivity index (χ1n) is 6.25. The number of aromatic nitrogens is 1. The molecule has 3 rings (SSSR count). The Labute approximate surface area is 111 Å². The van der Waals surface area contributed by atoms with E-state index in [1.54, 1.807) is 12.3 Å². The first-order valence-corrected chi connectivity index (χ1v) is 6.25. The summed E-state index contributed by atoms with van der Waals surface area (Å²) in [7, 11) is 0. The molecule has 1 N–H and O–H groups in total. The van der Waals surface area contributed by atoms with Gasteiger partial charge in [-0.3, -0.25) is 10.4 Å². The van der Waals surface area contributed by atoms with Crippen molar-refractivity contribution in [3.8, 4) is 0 Å². The highest BCUT2D eigenvalue weighted by Gasteiger charge is 2.23. The molecule has 0 atom stereocenters. The normalized spacial score (nSPS) is 13.7. The van der Waals surface area contributed by atoms with E-state index in [0.717, 1.165) is 24.1 Å². The fraction of sp³-hybridized carbons (Fsp3) is 0.200. The van der Waals surface area contributed by atoms with Gasteiger partial charge in [-0.15, -0.1) is 0 Å². The molecule has 0 aliphatic carbocycles. The van der Waals surface area contributed by atoms with Gasteiger partial charge in [0, 0.05) is 31.0 Å². The molecule has 2 heterocycles. The summed E-state index contributed by atoms with van der Waals surface area (Å²) in [6, 6.07) is 8.61. The summed E-state index contributed by atoms with van der Waals surface area (Å²) in [6.07, 6.45) is 4.43. The van der Waals surface area contributed by atoms with Crippen LogP contribution in [0.5, 0.6) is 0 Å². The SMILES string of the molecule is N=C1c2cc(F)ccc2CN1CCc1cccnc1. The first-order chi connectivity index (χ1) is 9.24.